The van der Waals surface area contributed by atoms with Gasteiger partial charge in [-0.15, -0.1) is 0 Å². The highest BCUT2D eigenvalue weighted by Crippen LogP contribution is 2.14. The van der Waals surface area contributed by atoms with Crippen molar-refractivity contribution in [2.45, 2.75) is 25.9 Å². The van der Waals surface area contributed by atoms with Crippen molar-refractivity contribution in [1.29, 1.82) is 0 Å². The lowest BCUT2D eigenvalue weighted by molar-refractivity contribution is -0.142. The molecule has 0 aliphatic carbocycles. The average Bonchev–Trinajstić information content (AvgIpc) is 2.82. The second kappa shape index (κ2) is 8.22. The predicted octanol–water partition coefficient (Wildman–Crippen LogP) is 1.71. The summed E-state index contributed by atoms with van der Waals surface area (Å²) in [6.45, 7) is 3.03. The largest absolute Gasteiger partial charge is 0.465 e. The van der Waals surface area contributed by atoms with Crippen LogP contribution in [0.25, 0.3) is 0 Å². The fourth-order valence-electron chi connectivity index (χ4n) is 1.27. The minimum Gasteiger partial charge on any atom is -0.465 e. The summed E-state index contributed by atoms with van der Waals surface area (Å²) < 4.78 is 4.97. The van der Waals surface area contributed by atoms with Gasteiger partial charge in [-0.05, 0) is 28.8 Å². The van der Waals surface area contributed by atoms with Crippen LogP contribution in [0.4, 0.5) is 0 Å². The molecule has 1 aromatic rings. The third-order valence-electron chi connectivity index (χ3n) is 2.30. The van der Waals surface area contributed by atoms with Crippen LogP contribution in [0.1, 0.15) is 31.4 Å². The molecule has 5 heteroatoms. The summed E-state index contributed by atoms with van der Waals surface area (Å²) in [5.41, 5.74) is 0.877. The maximum absolute atomic E-state index is 11.2. The molecule has 0 saturated carbocycles. The molecule has 0 aliphatic rings. The van der Waals surface area contributed by atoms with Gasteiger partial charge >= 0.3 is 5.97 Å². The predicted molar refractivity (Wildman–Crippen MR) is 68.0 cm³/mol. The number of hydrogen-bond acceptors (Lipinski definition) is 5. The molecular formula is C12H19NO3S. The lowest BCUT2D eigenvalue weighted by Crippen LogP contribution is -2.28. The van der Waals surface area contributed by atoms with Crippen LogP contribution in [-0.4, -0.2) is 30.8 Å². The van der Waals surface area contributed by atoms with E-state index in [0.29, 0.717) is 13.2 Å². The standard InChI is InChI=1S/C12H19NO3S/c1-2-3-5-16-12(15)8-13-7-11(14)10-4-6-17-9-10/h4,6,9,11,13-14H,2-3,5,7-8H2,1H3. The van der Waals surface area contributed by atoms with E-state index in [9.17, 15) is 9.90 Å². The highest BCUT2D eigenvalue weighted by atomic mass is 32.1. The normalized spacial score (nSPS) is 12.4. The van der Waals surface area contributed by atoms with E-state index in [1.54, 1.807) is 11.3 Å². The number of rotatable bonds is 8. The van der Waals surface area contributed by atoms with Crippen molar-refractivity contribution in [3.05, 3.63) is 22.4 Å². The number of carbonyl (C=O) groups excluding carboxylic acids is 1. The number of aliphatic hydroxyl groups is 1. The Bertz CT molecular complexity index is 314. The zero-order valence-corrected chi connectivity index (χ0v) is 10.8. The van der Waals surface area contributed by atoms with Crippen molar-refractivity contribution in [3.8, 4) is 0 Å². The van der Waals surface area contributed by atoms with Gasteiger partial charge in [0.2, 0.25) is 0 Å². The van der Waals surface area contributed by atoms with Crippen molar-refractivity contribution >= 4 is 17.3 Å². The Kier molecular flexibility index (Phi) is 6.84. The number of carbonyl (C=O) groups is 1. The van der Waals surface area contributed by atoms with Crippen molar-refractivity contribution < 1.29 is 14.6 Å². The third kappa shape index (κ3) is 5.81. The van der Waals surface area contributed by atoms with E-state index in [1.165, 1.54) is 0 Å². The number of ether oxygens (including phenoxy) is 1. The zero-order valence-electron chi connectivity index (χ0n) is 10.0. The van der Waals surface area contributed by atoms with Crippen molar-refractivity contribution in [2.24, 2.45) is 0 Å². The van der Waals surface area contributed by atoms with Gasteiger partial charge in [0.15, 0.2) is 0 Å². The first-order chi connectivity index (χ1) is 8.24. The van der Waals surface area contributed by atoms with Gasteiger partial charge in [-0.1, -0.05) is 13.3 Å². The molecule has 1 heterocycles. The molecule has 96 valence electrons. The van der Waals surface area contributed by atoms with E-state index in [-0.39, 0.29) is 12.5 Å². The molecule has 0 aromatic carbocycles. The summed E-state index contributed by atoms with van der Waals surface area (Å²) in [6.07, 6.45) is 1.34. The van der Waals surface area contributed by atoms with Crippen LogP contribution < -0.4 is 5.32 Å². The van der Waals surface area contributed by atoms with E-state index >= 15 is 0 Å². The van der Waals surface area contributed by atoms with Crippen LogP contribution in [0, 0.1) is 0 Å². The molecule has 1 atom stereocenters. The molecule has 4 nitrogen and oxygen atoms in total. The van der Waals surface area contributed by atoms with Crippen LogP contribution in [0.5, 0.6) is 0 Å². The Morgan fingerprint density at radius 1 is 1.65 bits per heavy atom. The van der Waals surface area contributed by atoms with Gasteiger partial charge in [-0.2, -0.15) is 11.3 Å². The second-order valence-corrected chi connectivity index (χ2v) is 4.56. The molecule has 0 spiro atoms. The Morgan fingerprint density at radius 3 is 3.12 bits per heavy atom. The number of thiophene rings is 1. The maximum atomic E-state index is 11.2. The van der Waals surface area contributed by atoms with Crippen LogP contribution in [0.2, 0.25) is 0 Å². The second-order valence-electron chi connectivity index (χ2n) is 3.78. The van der Waals surface area contributed by atoms with Crippen molar-refractivity contribution in [3.63, 3.8) is 0 Å². The number of nitrogens with one attached hydrogen (secondary N) is 1. The fourth-order valence-corrected chi connectivity index (χ4v) is 1.98. The van der Waals surface area contributed by atoms with Crippen molar-refractivity contribution in [1.82, 2.24) is 5.32 Å². The number of aliphatic hydroxyl groups excluding tert-OH is 1. The van der Waals surface area contributed by atoms with Crippen molar-refractivity contribution in [2.75, 3.05) is 19.7 Å². The summed E-state index contributed by atoms with van der Waals surface area (Å²) in [6, 6.07) is 1.87. The van der Waals surface area contributed by atoms with E-state index in [2.05, 4.69) is 5.32 Å². The molecule has 0 amide bonds. The molecule has 0 aliphatic heterocycles. The number of unbranched alkanes of at least 4 members (excludes halogenated alkanes) is 1. The smallest absolute Gasteiger partial charge is 0.319 e. The highest BCUT2D eigenvalue weighted by molar-refractivity contribution is 7.07. The molecule has 0 saturated heterocycles. The molecule has 17 heavy (non-hydrogen) atoms. The Balaban J connectivity index is 2.09. The van der Waals surface area contributed by atoms with E-state index in [4.69, 9.17) is 4.74 Å². The summed E-state index contributed by atoms with van der Waals surface area (Å²) in [5.74, 6) is -0.268. The Hall–Kier alpha value is -0.910. The monoisotopic (exact) mass is 257 g/mol. The zero-order chi connectivity index (χ0) is 12.5. The summed E-state index contributed by atoms with van der Waals surface area (Å²) in [5, 5.41) is 16.4. The lowest BCUT2D eigenvalue weighted by Gasteiger charge is -2.10. The fraction of sp³-hybridized carbons (Fsp3) is 0.583. The quantitative estimate of drug-likeness (QED) is 0.550. The Morgan fingerprint density at radius 2 is 2.47 bits per heavy atom. The summed E-state index contributed by atoms with van der Waals surface area (Å²) in [7, 11) is 0. The molecule has 0 bridgehead atoms. The molecule has 1 aromatic heterocycles. The minimum atomic E-state index is -0.565. The van der Waals surface area contributed by atoms with Gasteiger partial charge in [0.25, 0.3) is 0 Å². The van der Waals surface area contributed by atoms with Gasteiger partial charge in [0.05, 0.1) is 19.3 Å². The van der Waals surface area contributed by atoms with Gasteiger partial charge in [0.1, 0.15) is 0 Å². The molecule has 0 radical (unpaired) electrons. The average molecular weight is 257 g/mol. The molecule has 0 fully saturated rings. The third-order valence-corrected chi connectivity index (χ3v) is 3.00. The van der Waals surface area contributed by atoms with Crippen LogP contribution in [0.15, 0.2) is 16.8 Å². The maximum Gasteiger partial charge on any atom is 0.319 e. The number of esters is 1. The van der Waals surface area contributed by atoms with E-state index in [0.717, 1.165) is 18.4 Å². The van der Waals surface area contributed by atoms with Gasteiger partial charge < -0.3 is 15.2 Å². The topological polar surface area (TPSA) is 58.6 Å². The van der Waals surface area contributed by atoms with Crippen LogP contribution >= 0.6 is 11.3 Å². The van der Waals surface area contributed by atoms with Gasteiger partial charge in [-0.25, -0.2) is 0 Å². The highest BCUT2D eigenvalue weighted by Gasteiger charge is 2.08. The van der Waals surface area contributed by atoms with Gasteiger partial charge in [-0.3, -0.25) is 4.79 Å². The molecule has 2 N–H and O–H groups in total. The van der Waals surface area contributed by atoms with E-state index in [1.807, 2.05) is 23.8 Å². The molecular weight excluding hydrogens is 238 g/mol. The SMILES string of the molecule is CCCCOC(=O)CNCC(O)c1ccsc1. The molecule has 1 unspecified atom stereocenters. The minimum absolute atomic E-state index is 0.144. The summed E-state index contributed by atoms with van der Waals surface area (Å²) in [4.78, 5) is 11.2. The van der Waals surface area contributed by atoms with Gasteiger partial charge in [0, 0.05) is 6.54 Å². The van der Waals surface area contributed by atoms with Crippen LogP contribution in [0.3, 0.4) is 0 Å². The first kappa shape index (κ1) is 14.2. The molecule has 1 rings (SSSR count). The first-order valence-corrected chi connectivity index (χ1v) is 6.74. The van der Waals surface area contributed by atoms with Crippen LogP contribution in [-0.2, 0) is 9.53 Å². The first-order valence-electron chi connectivity index (χ1n) is 5.80. The lowest BCUT2D eigenvalue weighted by atomic mass is 10.2. The number of hydrogen-bond donors (Lipinski definition) is 2. The summed E-state index contributed by atoms with van der Waals surface area (Å²) >= 11 is 1.54. The van der Waals surface area contributed by atoms with E-state index < -0.39 is 6.10 Å². The Labute approximate surface area is 106 Å².